The summed E-state index contributed by atoms with van der Waals surface area (Å²) in [5, 5.41) is 0. The molecule has 0 aliphatic heterocycles. The first-order chi connectivity index (χ1) is 5.99. The Hall–Kier alpha value is -1.05. The van der Waals surface area contributed by atoms with Crippen molar-refractivity contribution in [2.75, 3.05) is 0 Å². The van der Waals surface area contributed by atoms with Gasteiger partial charge in [-0.05, 0) is 24.8 Å². The van der Waals surface area contributed by atoms with Gasteiger partial charge in [0.05, 0.1) is 5.70 Å². The van der Waals surface area contributed by atoms with Crippen LogP contribution < -0.4 is 5.73 Å². The van der Waals surface area contributed by atoms with Gasteiger partial charge in [0, 0.05) is 12.4 Å². The van der Waals surface area contributed by atoms with Crippen LogP contribution in [0.2, 0.25) is 0 Å². The van der Waals surface area contributed by atoms with E-state index >= 15 is 0 Å². The van der Waals surface area contributed by atoms with Gasteiger partial charge in [-0.1, -0.05) is 26.8 Å². The van der Waals surface area contributed by atoms with Crippen molar-refractivity contribution in [2.24, 2.45) is 16.1 Å². The number of allylic oxidation sites excluding steroid dienone is 3. The Labute approximate surface area is 81.2 Å². The van der Waals surface area contributed by atoms with Crippen LogP contribution in [0.4, 0.5) is 0 Å². The fourth-order valence-electron chi connectivity index (χ4n) is 0.916. The van der Waals surface area contributed by atoms with Gasteiger partial charge in [-0.2, -0.15) is 0 Å². The molecule has 0 rings (SSSR count). The lowest BCUT2D eigenvalue weighted by molar-refractivity contribution is 0.408. The molecule has 0 heterocycles. The van der Waals surface area contributed by atoms with Gasteiger partial charge in [0.1, 0.15) is 0 Å². The summed E-state index contributed by atoms with van der Waals surface area (Å²) in [7, 11) is 0. The van der Waals surface area contributed by atoms with Crippen molar-refractivity contribution in [1.29, 1.82) is 0 Å². The van der Waals surface area contributed by atoms with Crippen LogP contribution in [0.25, 0.3) is 0 Å². The molecule has 0 amide bonds. The molecule has 13 heavy (non-hydrogen) atoms. The van der Waals surface area contributed by atoms with Crippen LogP contribution in [0.1, 0.15) is 34.1 Å². The molecule has 2 nitrogen and oxygen atoms in total. The van der Waals surface area contributed by atoms with E-state index in [9.17, 15) is 0 Å². The van der Waals surface area contributed by atoms with Gasteiger partial charge >= 0.3 is 0 Å². The van der Waals surface area contributed by atoms with E-state index in [1.807, 2.05) is 19.1 Å². The second-order valence-electron chi connectivity index (χ2n) is 4.20. The molecule has 0 spiro atoms. The SMILES string of the molecule is C\C=C/C=N\C(=C/N)CC(C)(C)C. The lowest BCUT2D eigenvalue weighted by Crippen LogP contribution is -2.06. The Morgan fingerprint density at radius 2 is 2.00 bits per heavy atom. The van der Waals surface area contributed by atoms with Crippen LogP contribution >= 0.6 is 0 Å². The molecule has 0 atom stereocenters. The average molecular weight is 180 g/mol. The van der Waals surface area contributed by atoms with E-state index in [-0.39, 0.29) is 5.41 Å². The largest absolute Gasteiger partial charge is 0.403 e. The number of nitrogens with zero attached hydrogens (tertiary/aromatic N) is 1. The third-order valence-electron chi connectivity index (χ3n) is 1.42. The van der Waals surface area contributed by atoms with E-state index in [0.29, 0.717) is 0 Å². The van der Waals surface area contributed by atoms with Gasteiger partial charge in [-0.15, -0.1) is 0 Å². The van der Waals surface area contributed by atoms with Gasteiger partial charge in [0.15, 0.2) is 0 Å². The standard InChI is InChI=1S/C11H20N2/c1-5-6-7-13-10(9-12)8-11(2,3)4/h5-7,9H,8,12H2,1-4H3/b6-5-,10-9-,13-7-. The van der Waals surface area contributed by atoms with E-state index in [2.05, 4.69) is 25.8 Å². The highest BCUT2D eigenvalue weighted by atomic mass is 14.7. The molecule has 0 unspecified atom stereocenters. The molecule has 2 heteroatoms. The summed E-state index contributed by atoms with van der Waals surface area (Å²) in [6.07, 6.45) is 8.08. The summed E-state index contributed by atoms with van der Waals surface area (Å²) in [5.74, 6) is 0. The highest BCUT2D eigenvalue weighted by Gasteiger charge is 2.11. The first-order valence-corrected chi connectivity index (χ1v) is 4.55. The fourth-order valence-corrected chi connectivity index (χ4v) is 0.916. The molecular formula is C11H20N2. The Bertz CT molecular complexity index is 217. The number of aliphatic imine (C=N–C) groups is 1. The Morgan fingerprint density at radius 3 is 2.38 bits per heavy atom. The maximum atomic E-state index is 5.46. The highest BCUT2D eigenvalue weighted by Crippen LogP contribution is 2.23. The molecular weight excluding hydrogens is 160 g/mol. The molecule has 0 bridgehead atoms. The third-order valence-corrected chi connectivity index (χ3v) is 1.42. The topological polar surface area (TPSA) is 38.4 Å². The van der Waals surface area contributed by atoms with E-state index in [4.69, 9.17) is 5.73 Å². The minimum atomic E-state index is 0.235. The lowest BCUT2D eigenvalue weighted by atomic mass is 9.91. The Morgan fingerprint density at radius 1 is 1.38 bits per heavy atom. The second-order valence-corrected chi connectivity index (χ2v) is 4.20. The van der Waals surface area contributed by atoms with Crippen molar-refractivity contribution in [2.45, 2.75) is 34.1 Å². The van der Waals surface area contributed by atoms with Crippen LogP contribution in [0.3, 0.4) is 0 Å². The zero-order chi connectivity index (χ0) is 10.3. The molecule has 0 saturated carbocycles. The summed E-state index contributed by atoms with van der Waals surface area (Å²) >= 11 is 0. The number of nitrogens with two attached hydrogens (primary N) is 1. The number of hydrogen-bond acceptors (Lipinski definition) is 2. The minimum Gasteiger partial charge on any atom is -0.403 e. The first kappa shape index (κ1) is 11.9. The van der Waals surface area contributed by atoms with Crippen molar-refractivity contribution >= 4 is 6.21 Å². The van der Waals surface area contributed by atoms with Gasteiger partial charge in [-0.3, -0.25) is 4.99 Å². The molecule has 0 aromatic heterocycles. The van der Waals surface area contributed by atoms with Crippen LogP contribution in [0.5, 0.6) is 0 Å². The zero-order valence-corrected chi connectivity index (χ0v) is 9.04. The van der Waals surface area contributed by atoms with E-state index in [1.165, 1.54) is 0 Å². The molecule has 0 aliphatic carbocycles. The number of hydrogen-bond donors (Lipinski definition) is 1. The molecule has 74 valence electrons. The first-order valence-electron chi connectivity index (χ1n) is 4.55. The van der Waals surface area contributed by atoms with Gasteiger partial charge < -0.3 is 5.73 Å². The van der Waals surface area contributed by atoms with Crippen molar-refractivity contribution in [3.05, 3.63) is 24.0 Å². The Kier molecular flexibility index (Phi) is 5.12. The monoisotopic (exact) mass is 180 g/mol. The maximum absolute atomic E-state index is 5.46. The average Bonchev–Trinajstić information content (AvgIpc) is 2.01. The number of rotatable bonds is 3. The molecule has 0 radical (unpaired) electrons. The van der Waals surface area contributed by atoms with Gasteiger partial charge in [0.2, 0.25) is 0 Å². The molecule has 0 aromatic carbocycles. The van der Waals surface area contributed by atoms with Crippen LogP contribution in [-0.4, -0.2) is 6.21 Å². The zero-order valence-electron chi connectivity index (χ0n) is 9.04. The minimum absolute atomic E-state index is 0.235. The van der Waals surface area contributed by atoms with E-state index in [0.717, 1.165) is 12.1 Å². The van der Waals surface area contributed by atoms with E-state index < -0.39 is 0 Å². The van der Waals surface area contributed by atoms with Crippen LogP contribution in [-0.2, 0) is 0 Å². The highest BCUT2D eigenvalue weighted by molar-refractivity contribution is 5.71. The lowest BCUT2D eigenvalue weighted by Gasteiger charge is -2.17. The second kappa shape index (κ2) is 5.57. The quantitative estimate of drug-likeness (QED) is 0.666. The van der Waals surface area contributed by atoms with Crippen LogP contribution in [0.15, 0.2) is 29.0 Å². The Balaban J connectivity index is 4.23. The van der Waals surface area contributed by atoms with Crippen molar-refractivity contribution in [3.8, 4) is 0 Å². The van der Waals surface area contributed by atoms with Crippen molar-refractivity contribution in [3.63, 3.8) is 0 Å². The summed E-state index contributed by atoms with van der Waals surface area (Å²) in [6.45, 7) is 8.46. The molecule has 2 N–H and O–H groups in total. The maximum Gasteiger partial charge on any atom is 0.0563 e. The molecule has 0 aromatic rings. The van der Waals surface area contributed by atoms with Gasteiger partial charge in [0.25, 0.3) is 0 Å². The van der Waals surface area contributed by atoms with Crippen molar-refractivity contribution < 1.29 is 0 Å². The van der Waals surface area contributed by atoms with Crippen molar-refractivity contribution in [1.82, 2.24) is 0 Å². The smallest absolute Gasteiger partial charge is 0.0563 e. The summed E-state index contributed by atoms with van der Waals surface area (Å²) in [6, 6.07) is 0. The van der Waals surface area contributed by atoms with Crippen LogP contribution in [0, 0.1) is 5.41 Å². The van der Waals surface area contributed by atoms with E-state index in [1.54, 1.807) is 12.4 Å². The molecule has 0 saturated heterocycles. The summed E-state index contributed by atoms with van der Waals surface area (Å²) < 4.78 is 0. The summed E-state index contributed by atoms with van der Waals surface area (Å²) in [5.41, 5.74) is 6.63. The molecule has 0 fully saturated rings. The predicted octanol–water partition coefficient (Wildman–Crippen LogP) is 2.87. The fraction of sp³-hybridized carbons (Fsp3) is 0.545. The molecule has 0 aliphatic rings. The normalized spacial score (nSPS) is 14.6. The predicted molar refractivity (Wildman–Crippen MR) is 59.6 cm³/mol. The third kappa shape index (κ3) is 7.32. The van der Waals surface area contributed by atoms with Gasteiger partial charge in [-0.25, -0.2) is 0 Å². The summed E-state index contributed by atoms with van der Waals surface area (Å²) in [4.78, 5) is 4.24.